The first-order valence-electron chi connectivity index (χ1n) is 10.1. The Hall–Kier alpha value is -1.38. The van der Waals surface area contributed by atoms with Gasteiger partial charge in [0.25, 0.3) is 0 Å². The maximum absolute atomic E-state index is 15.1. The van der Waals surface area contributed by atoms with E-state index in [2.05, 4.69) is 19.8 Å². The number of piperidine rings is 1. The van der Waals surface area contributed by atoms with Crippen molar-refractivity contribution in [3.63, 3.8) is 0 Å². The zero-order valence-electron chi connectivity index (χ0n) is 15.9. The van der Waals surface area contributed by atoms with Crippen molar-refractivity contribution in [2.45, 2.75) is 62.3 Å². The summed E-state index contributed by atoms with van der Waals surface area (Å²) in [6, 6.07) is 3.11. The number of hydrogen-bond acceptors (Lipinski definition) is 3. The van der Waals surface area contributed by atoms with Crippen molar-refractivity contribution in [1.29, 1.82) is 0 Å². The molecule has 1 aromatic heterocycles. The molecule has 1 N–H and O–H groups in total. The number of nitrogens with zero attached hydrogens (tertiary/aromatic N) is 3. The molecule has 2 aromatic rings. The Morgan fingerprint density at radius 1 is 1.10 bits per heavy atom. The van der Waals surface area contributed by atoms with Gasteiger partial charge in [0.1, 0.15) is 22.8 Å². The van der Waals surface area contributed by atoms with E-state index in [4.69, 9.17) is 11.6 Å². The Morgan fingerprint density at radius 2 is 1.79 bits per heavy atom. The number of piperazine rings is 1. The van der Waals surface area contributed by atoms with Gasteiger partial charge in [-0.1, -0.05) is 11.6 Å². The lowest BCUT2D eigenvalue weighted by molar-refractivity contribution is -0.125. The van der Waals surface area contributed by atoms with Crippen molar-refractivity contribution in [2.24, 2.45) is 0 Å². The second-order valence-corrected chi connectivity index (χ2v) is 9.29. The number of benzene rings is 1. The highest BCUT2D eigenvalue weighted by molar-refractivity contribution is 6.34. The van der Waals surface area contributed by atoms with Crippen molar-refractivity contribution in [1.82, 2.24) is 19.8 Å². The third-order valence-electron chi connectivity index (χ3n) is 6.69. The first-order chi connectivity index (χ1) is 13.7. The molecule has 3 saturated heterocycles. The van der Waals surface area contributed by atoms with Crippen LogP contribution < -0.4 is 0 Å². The standard InChI is InChI=1S/C20H23ClF4N4/c21-15-5-12(22)6-16-18(15)27-17(26-16)10-28-8-13-7-14(9-28)29(13)11-19(23)1-3-20(24,25)4-2-19/h5-6,13-14H,1-4,7-11H2,(H,26,27). The molecule has 29 heavy (non-hydrogen) atoms. The second kappa shape index (κ2) is 6.82. The molecule has 158 valence electrons. The Labute approximate surface area is 171 Å². The fraction of sp³-hybridized carbons (Fsp3) is 0.650. The minimum absolute atomic E-state index is 0.0596. The predicted molar refractivity (Wildman–Crippen MR) is 102 cm³/mol. The Morgan fingerprint density at radius 3 is 2.48 bits per heavy atom. The van der Waals surface area contributed by atoms with Gasteiger partial charge in [-0.2, -0.15) is 0 Å². The summed E-state index contributed by atoms with van der Waals surface area (Å²) in [5.74, 6) is -2.40. The fourth-order valence-electron chi connectivity index (χ4n) is 5.09. The molecule has 4 nitrogen and oxygen atoms in total. The van der Waals surface area contributed by atoms with Gasteiger partial charge in [0, 0.05) is 44.6 Å². The minimum Gasteiger partial charge on any atom is -0.341 e. The van der Waals surface area contributed by atoms with Crippen molar-refractivity contribution in [3.8, 4) is 0 Å². The van der Waals surface area contributed by atoms with Gasteiger partial charge in [0.2, 0.25) is 5.92 Å². The summed E-state index contributed by atoms with van der Waals surface area (Å²) in [5, 5.41) is 0.279. The maximum Gasteiger partial charge on any atom is 0.248 e. The zero-order valence-corrected chi connectivity index (χ0v) is 16.7. The molecule has 0 spiro atoms. The Kier molecular flexibility index (Phi) is 4.60. The van der Waals surface area contributed by atoms with E-state index in [-0.39, 0.29) is 49.3 Å². The van der Waals surface area contributed by atoms with Gasteiger partial charge in [-0.25, -0.2) is 22.5 Å². The lowest BCUT2D eigenvalue weighted by atomic mass is 9.80. The molecule has 2 bridgehead atoms. The van der Waals surface area contributed by atoms with E-state index < -0.39 is 17.4 Å². The molecule has 3 aliphatic heterocycles. The number of imidazole rings is 1. The molecule has 1 saturated carbocycles. The molecule has 9 heteroatoms. The Bertz CT molecular complexity index is 911. The van der Waals surface area contributed by atoms with Gasteiger partial charge in [-0.3, -0.25) is 9.80 Å². The average Bonchev–Trinajstić information content (AvgIpc) is 3.05. The Balaban J connectivity index is 1.20. The number of H-pyrrole nitrogens is 1. The van der Waals surface area contributed by atoms with Crippen molar-refractivity contribution in [3.05, 3.63) is 28.8 Å². The number of alkyl halides is 3. The van der Waals surface area contributed by atoms with Crippen LogP contribution in [0.2, 0.25) is 5.02 Å². The zero-order chi connectivity index (χ0) is 20.4. The lowest BCUT2D eigenvalue weighted by Crippen LogP contribution is -2.70. The molecule has 0 amide bonds. The molecule has 4 aliphatic rings. The molecule has 0 radical (unpaired) electrons. The quantitative estimate of drug-likeness (QED) is 0.724. The topological polar surface area (TPSA) is 35.2 Å². The van der Waals surface area contributed by atoms with E-state index in [9.17, 15) is 13.2 Å². The van der Waals surface area contributed by atoms with E-state index in [1.807, 2.05) is 0 Å². The van der Waals surface area contributed by atoms with E-state index in [0.717, 1.165) is 25.3 Å². The summed E-state index contributed by atoms with van der Waals surface area (Å²) < 4.78 is 55.3. The molecular weight excluding hydrogens is 408 g/mol. The normalized spacial score (nSPS) is 29.1. The third-order valence-corrected chi connectivity index (χ3v) is 6.98. The smallest absolute Gasteiger partial charge is 0.248 e. The number of halogens is 5. The molecule has 1 aromatic carbocycles. The van der Waals surface area contributed by atoms with Crippen molar-refractivity contribution >= 4 is 22.6 Å². The lowest BCUT2D eigenvalue weighted by Gasteiger charge is -2.58. The molecule has 1 aliphatic carbocycles. The van der Waals surface area contributed by atoms with E-state index in [0.29, 0.717) is 17.6 Å². The highest BCUT2D eigenvalue weighted by atomic mass is 35.5. The van der Waals surface area contributed by atoms with E-state index in [1.165, 1.54) is 12.1 Å². The van der Waals surface area contributed by atoms with Crippen LogP contribution in [0.25, 0.3) is 11.0 Å². The number of aromatic amines is 1. The van der Waals surface area contributed by atoms with Crippen LogP contribution in [-0.4, -0.2) is 63.1 Å². The first kappa shape index (κ1) is 19.6. The van der Waals surface area contributed by atoms with Crippen LogP contribution in [0.4, 0.5) is 17.6 Å². The van der Waals surface area contributed by atoms with E-state index in [1.54, 1.807) is 0 Å². The number of rotatable bonds is 4. The van der Waals surface area contributed by atoms with Crippen LogP contribution in [0.15, 0.2) is 12.1 Å². The average molecular weight is 431 g/mol. The fourth-order valence-corrected chi connectivity index (χ4v) is 5.34. The van der Waals surface area contributed by atoms with Gasteiger partial charge < -0.3 is 4.98 Å². The van der Waals surface area contributed by atoms with Gasteiger partial charge in [0.15, 0.2) is 0 Å². The third kappa shape index (κ3) is 3.75. The summed E-state index contributed by atoms with van der Waals surface area (Å²) in [7, 11) is 0. The minimum atomic E-state index is -2.71. The van der Waals surface area contributed by atoms with Gasteiger partial charge in [-0.15, -0.1) is 0 Å². The maximum atomic E-state index is 15.1. The SMILES string of the molecule is Fc1cc(Cl)c2nc(CN3CC4CC(C3)N4CC3(F)CCC(F)(F)CC3)[nH]c2c1. The van der Waals surface area contributed by atoms with Crippen LogP contribution in [-0.2, 0) is 6.54 Å². The largest absolute Gasteiger partial charge is 0.341 e. The first-order valence-corrected chi connectivity index (χ1v) is 10.5. The molecule has 2 atom stereocenters. The number of hydrogen-bond donors (Lipinski definition) is 1. The molecule has 4 heterocycles. The highest BCUT2D eigenvalue weighted by Crippen LogP contribution is 2.43. The predicted octanol–water partition coefficient (Wildman–Crippen LogP) is 4.53. The van der Waals surface area contributed by atoms with Crippen LogP contribution in [0.3, 0.4) is 0 Å². The van der Waals surface area contributed by atoms with Gasteiger partial charge in [0.05, 0.1) is 17.1 Å². The number of aromatic nitrogens is 2. The van der Waals surface area contributed by atoms with Crippen LogP contribution in [0, 0.1) is 5.82 Å². The molecular formula is C20H23ClF4N4. The molecule has 4 fully saturated rings. The van der Waals surface area contributed by atoms with Crippen LogP contribution in [0.5, 0.6) is 0 Å². The second-order valence-electron chi connectivity index (χ2n) is 8.88. The van der Waals surface area contributed by atoms with E-state index >= 15 is 4.39 Å². The highest BCUT2D eigenvalue weighted by Gasteiger charge is 2.50. The van der Waals surface area contributed by atoms with Crippen LogP contribution >= 0.6 is 11.6 Å². The van der Waals surface area contributed by atoms with Gasteiger partial charge >= 0.3 is 0 Å². The summed E-state index contributed by atoms with van der Waals surface area (Å²) in [6.07, 6.45) is 0.188. The van der Waals surface area contributed by atoms with Crippen molar-refractivity contribution in [2.75, 3.05) is 19.6 Å². The molecule has 6 rings (SSSR count). The number of nitrogens with one attached hydrogen (secondary N) is 1. The monoisotopic (exact) mass is 430 g/mol. The summed E-state index contributed by atoms with van der Waals surface area (Å²) in [4.78, 5) is 12.0. The van der Waals surface area contributed by atoms with Crippen LogP contribution in [0.1, 0.15) is 37.9 Å². The van der Waals surface area contributed by atoms with Crippen molar-refractivity contribution < 1.29 is 17.6 Å². The summed E-state index contributed by atoms with van der Waals surface area (Å²) in [5.41, 5.74) is -0.372. The molecule has 2 unspecified atom stereocenters. The summed E-state index contributed by atoms with van der Waals surface area (Å²) >= 11 is 6.07. The number of fused-ring (bicyclic) bond motifs is 3. The summed E-state index contributed by atoms with van der Waals surface area (Å²) in [6.45, 7) is 2.40. The van der Waals surface area contributed by atoms with Gasteiger partial charge in [-0.05, 0) is 31.4 Å².